The van der Waals surface area contributed by atoms with Crippen molar-refractivity contribution in [1.82, 2.24) is 10.2 Å². The van der Waals surface area contributed by atoms with Crippen LogP contribution in [-0.4, -0.2) is 63.0 Å². The molecule has 2 unspecified atom stereocenters. The highest BCUT2D eigenvalue weighted by atomic mass is 16.5. The fraction of sp³-hybridized carbons (Fsp3) is 1.00. The Hall–Kier alpha value is -0.160. The largest absolute Gasteiger partial charge is 0.382 e. The Morgan fingerprint density at radius 3 is 2.63 bits per heavy atom. The second kappa shape index (κ2) is 7.02. The van der Waals surface area contributed by atoms with E-state index in [-0.39, 0.29) is 6.10 Å². The van der Waals surface area contributed by atoms with E-state index in [9.17, 15) is 0 Å². The smallest absolute Gasteiger partial charge is 0.0931 e. The fourth-order valence-corrected chi connectivity index (χ4v) is 3.54. The molecule has 0 bridgehead atoms. The van der Waals surface area contributed by atoms with Crippen LogP contribution in [0, 0.1) is 0 Å². The Balaban J connectivity index is 1.93. The number of nitrogens with zero attached hydrogens (tertiary/aromatic N) is 1. The SMILES string of the molecule is COCC(CN1CC2(CCCCC2)NCC1C)OC. The molecule has 0 aromatic carbocycles. The zero-order valence-corrected chi connectivity index (χ0v) is 12.8. The van der Waals surface area contributed by atoms with Gasteiger partial charge in [-0.25, -0.2) is 0 Å². The summed E-state index contributed by atoms with van der Waals surface area (Å²) in [5.41, 5.74) is 0.371. The van der Waals surface area contributed by atoms with Gasteiger partial charge in [0.25, 0.3) is 0 Å². The summed E-state index contributed by atoms with van der Waals surface area (Å²) in [4.78, 5) is 2.59. The van der Waals surface area contributed by atoms with Gasteiger partial charge in [-0.3, -0.25) is 4.90 Å². The summed E-state index contributed by atoms with van der Waals surface area (Å²) in [5, 5.41) is 3.82. The first kappa shape index (κ1) is 15.2. The second-order valence-electron chi connectivity index (χ2n) is 6.31. The molecule has 1 aliphatic heterocycles. The topological polar surface area (TPSA) is 33.7 Å². The van der Waals surface area contributed by atoms with Gasteiger partial charge in [-0.05, 0) is 19.8 Å². The summed E-state index contributed by atoms with van der Waals surface area (Å²) in [6.07, 6.45) is 7.01. The molecule has 1 heterocycles. The predicted molar refractivity (Wildman–Crippen MR) is 77.5 cm³/mol. The quantitative estimate of drug-likeness (QED) is 0.823. The molecule has 0 aromatic heterocycles. The van der Waals surface area contributed by atoms with E-state index in [1.54, 1.807) is 14.2 Å². The molecule has 2 rings (SSSR count). The van der Waals surface area contributed by atoms with Crippen molar-refractivity contribution in [2.45, 2.75) is 56.7 Å². The first-order valence-corrected chi connectivity index (χ1v) is 7.70. The van der Waals surface area contributed by atoms with Crippen molar-refractivity contribution in [3.8, 4) is 0 Å². The summed E-state index contributed by atoms with van der Waals surface area (Å²) in [6, 6.07) is 0.585. The van der Waals surface area contributed by atoms with Gasteiger partial charge < -0.3 is 14.8 Å². The number of hydrogen-bond acceptors (Lipinski definition) is 4. The standard InChI is InChI=1S/C15H30N2O2/c1-13-9-16-15(7-5-4-6-8-15)12-17(13)10-14(19-3)11-18-2/h13-14,16H,4-12H2,1-3H3. The molecule has 1 saturated carbocycles. The Bertz CT molecular complexity index is 267. The number of hydrogen-bond donors (Lipinski definition) is 1. The van der Waals surface area contributed by atoms with Crippen molar-refractivity contribution < 1.29 is 9.47 Å². The maximum atomic E-state index is 5.53. The van der Waals surface area contributed by atoms with Crippen LogP contribution in [0.15, 0.2) is 0 Å². The summed E-state index contributed by atoms with van der Waals surface area (Å²) in [6.45, 7) is 6.23. The molecule has 4 nitrogen and oxygen atoms in total. The van der Waals surface area contributed by atoms with Crippen LogP contribution >= 0.6 is 0 Å². The van der Waals surface area contributed by atoms with Crippen molar-refractivity contribution in [2.75, 3.05) is 40.5 Å². The van der Waals surface area contributed by atoms with Gasteiger partial charge >= 0.3 is 0 Å². The molecule has 2 fully saturated rings. The van der Waals surface area contributed by atoms with E-state index in [2.05, 4.69) is 17.1 Å². The van der Waals surface area contributed by atoms with Crippen molar-refractivity contribution in [1.29, 1.82) is 0 Å². The molecule has 19 heavy (non-hydrogen) atoms. The van der Waals surface area contributed by atoms with Crippen LogP contribution in [0.1, 0.15) is 39.0 Å². The lowest BCUT2D eigenvalue weighted by molar-refractivity contribution is -0.0222. The van der Waals surface area contributed by atoms with Crippen molar-refractivity contribution in [2.24, 2.45) is 0 Å². The molecule has 1 N–H and O–H groups in total. The Morgan fingerprint density at radius 2 is 2.00 bits per heavy atom. The lowest BCUT2D eigenvalue weighted by Gasteiger charge is -2.49. The summed E-state index contributed by atoms with van der Waals surface area (Å²) >= 11 is 0. The average molecular weight is 270 g/mol. The lowest BCUT2D eigenvalue weighted by Crippen LogP contribution is -2.65. The number of rotatable bonds is 5. The zero-order chi connectivity index (χ0) is 13.7. The summed E-state index contributed by atoms with van der Waals surface area (Å²) in [5.74, 6) is 0. The summed E-state index contributed by atoms with van der Waals surface area (Å²) in [7, 11) is 3.53. The first-order chi connectivity index (χ1) is 9.19. The Kier molecular flexibility index (Phi) is 5.63. The molecule has 0 radical (unpaired) electrons. The van der Waals surface area contributed by atoms with Crippen LogP contribution in [0.4, 0.5) is 0 Å². The monoisotopic (exact) mass is 270 g/mol. The van der Waals surface area contributed by atoms with E-state index in [4.69, 9.17) is 9.47 Å². The average Bonchev–Trinajstić information content (AvgIpc) is 2.43. The third-order valence-corrected chi connectivity index (χ3v) is 4.84. The highest BCUT2D eigenvalue weighted by molar-refractivity contribution is 4.99. The molecular weight excluding hydrogens is 240 g/mol. The van der Waals surface area contributed by atoms with Crippen molar-refractivity contribution >= 4 is 0 Å². The minimum absolute atomic E-state index is 0.186. The minimum Gasteiger partial charge on any atom is -0.382 e. The third-order valence-electron chi connectivity index (χ3n) is 4.84. The molecule has 2 atom stereocenters. The van der Waals surface area contributed by atoms with Crippen LogP contribution in [0.3, 0.4) is 0 Å². The highest BCUT2D eigenvalue weighted by Gasteiger charge is 2.39. The zero-order valence-electron chi connectivity index (χ0n) is 12.8. The van der Waals surface area contributed by atoms with E-state index in [1.165, 1.54) is 32.1 Å². The van der Waals surface area contributed by atoms with Gasteiger partial charge in [-0.1, -0.05) is 19.3 Å². The molecule has 4 heteroatoms. The number of piperazine rings is 1. The van der Waals surface area contributed by atoms with Crippen LogP contribution in [0.5, 0.6) is 0 Å². The Morgan fingerprint density at radius 1 is 1.26 bits per heavy atom. The van der Waals surface area contributed by atoms with Gasteiger partial charge in [0.05, 0.1) is 12.7 Å². The van der Waals surface area contributed by atoms with Gasteiger partial charge in [0.1, 0.15) is 0 Å². The maximum Gasteiger partial charge on any atom is 0.0931 e. The van der Waals surface area contributed by atoms with Crippen LogP contribution in [0.2, 0.25) is 0 Å². The number of methoxy groups -OCH3 is 2. The van der Waals surface area contributed by atoms with Crippen LogP contribution in [-0.2, 0) is 9.47 Å². The van der Waals surface area contributed by atoms with E-state index in [0.29, 0.717) is 18.2 Å². The fourth-order valence-electron chi connectivity index (χ4n) is 3.54. The normalized spacial score (nSPS) is 29.5. The van der Waals surface area contributed by atoms with Gasteiger partial charge in [0, 0.05) is 45.4 Å². The predicted octanol–water partition coefficient (Wildman–Crippen LogP) is 1.64. The van der Waals surface area contributed by atoms with Crippen LogP contribution < -0.4 is 5.32 Å². The second-order valence-corrected chi connectivity index (χ2v) is 6.31. The minimum atomic E-state index is 0.186. The van der Waals surface area contributed by atoms with Gasteiger partial charge in [-0.15, -0.1) is 0 Å². The van der Waals surface area contributed by atoms with E-state index in [0.717, 1.165) is 19.6 Å². The van der Waals surface area contributed by atoms with Crippen molar-refractivity contribution in [3.63, 3.8) is 0 Å². The van der Waals surface area contributed by atoms with Gasteiger partial charge in [0.2, 0.25) is 0 Å². The first-order valence-electron chi connectivity index (χ1n) is 7.70. The van der Waals surface area contributed by atoms with Crippen molar-refractivity contribution in [3.05, 3.63) is 0 Å². The van der Waals surface area contributed by atoms with E-state index in [1.807, 2.05) is 0 Å². The highest BCUT2D eigenvalue weighted by Crippen LogP contribution is 2.31. The molecule has 1 saturated heterocycles. The number of ether oxygens (including phenoxy) is 2. The molecule has 0 amide bonds. The van der Waals surface area contributed by atoms with Crippen LogP contribution in [0.25, 0.3) is 0 Å². The lowest BCUT2D eigenvalue weighted by atomic mass is 9.79. The van der Waals surface area contributed by atoms with Gasteiger partial charge in [-0.2, -0.15) is 0 Å². The van der Waals surface area contributed by atoms with E-state index < -0.39 is 0 Å². The summed E-state index contributed by atoms with van der Waals surface area (Å²) < 4.78 is 10.8. The molecule has 1 aliphatic carbocycles. The Labute approximate surface area is 117 Å². The third kappa shape index (κ3) is 3.91. The van der Waals surface area contributed by atoms with Gasteiger partial charge in [0.15, 0.2) is 0 Å². The maximum absolute atomic E-state index is 5.53. The molecule has 112 valence electrons. The molecular formula is C15H30N2O2. The van der Waals surface area contributed by atoms with E-state index >= 15 is 0 Å². The molecule has 2 aliphatic rings. The molecule has 0 aromatic rings. The molecule has 1 spiro atoms. The number of nitrogens with one attached hydrogen (secondary N) is 1.